The van der Waals surface area contributed by atoms with Gasteiger partial charge in [0.1, 0.15) is 5.00 Å². The summed E-state index contributed by atoms with van der Waals surface area (Å²) in [5.74, 6) is -0.790. The molecule has 1 aromatic rings. The number of fused-ring (bicyclic) bond motifs is 1. The third-order valence-electron chi connectivity index (χ3n) is 4.87. The first kappa shape index (κ1) is 16.9. The van der Waals surface area contributed by atoms with E-state index in [9.17, 15) is 14.4 Å². The van der Waals surface area contributed by atoms with E-state index in [2.05, 4.69) is 20.8 Å². The van der Waals surface area contributed by atoms with E-state index in [4.69, 9.17) is 4.74 Å². The number of thiophene rings is 1. The Balaban J connectivity index is 2.08. The monoisotopic (exact) mass is 347 g/mol. The van der Waals surface area contributed by atoms with Crippen molar-refractivity contribution in [3.05, 3.63) is 28.2 Å². The number of carbonyl (C=O) groups excluding carboxylic acids is 3. The van der Waals surface area contributed by atoms with Crippen molar-refractivity contribution in [2.24, 2.45) is 11.3 Å². The smallest absolute Gasteiger partial charge is 0.341 e. The van der Waals surface area contributed by atoms with Gasteiger partial charge in [0.2, 0.25) is 0 Å². The van der Waals surface area contributed by atoms with Crippen LogP contribution in [0.4, 0.5) is 5.00 Å². The van der Waals surface area contributed by atoms with Crippen molar-refractivity contribution in [3.8, 4) is 0 Å². The van der Waals surface area contributed by atoms with E-state index in [1.165, 1.54) is 30.6 Å². The number of imide groups is 1. The third kappa shape index (κ3) is 2.69. The van der Waals surface area contributed by atoms with Crippen LogP contribution in [0.3, 0.4) is 0 Å². The molecule has 5 nitrogen and oxygen atoms in total. The van der Waals surface area contributed by atoms with Crippen LogP contribution >= 0.6 is 11.3 Å². The van der Waals surface area contributed by atoms with Gasteiger partial charge in [0.25, 0.3) is 11.8 Å². The van der Waals surface area contributed by atoms with E-state index >= 15 is 0 Å². The Morgan fingerprint density at radius 2 is 1.88 bits per heavy atom. The van der Waals surface area contributed by atoms with Crippen molar-refractivity contribution in [1.82, 2.24) is 0 Å². The Morgan fingerprint density at radius 3 is 2.42 bits per heavy atom. The van der Waals surface area contributed by atoms with E-state index in [1.807, 2.05) is 0 Å². The second kappa shape index (κ2) is 5.84. The number of methoxy groups -OCH3 is 1. The van der Waals surface area contributed by atoms with E-state index in [0.717, 1.165) is 34.6 Å². The molecule has 24 heavy (non-hydrogen) atoms. The average Bonchev–Trinajstić information content (AvgIpc) is 3.04. The maximum absolute atomic E-state index is 12.3. The van der Waals surface area contributed by atoms with Crippen LogP contribution in [-0.4, -0.2) is 24.9 Å². The Hall–Kier alpha value is -1.95. The van der Waals surface area contributed by atoms with Crippen molar-refractivity contribution in [2.45, 2.75) is 40.0 Å². The van der Waals surface area contributed by atoms with Crippen LogP contribution in [0, 0.1) is 11.3 Å². The highest BCUT2D eigenvalue weighted by Gasteiger charge is 2.38. The first-order valence-corrected chi connectivity index (χ1v) is 8.84. The number of hydrogen-bond acceptors (Lipinski definition) is 5. The molecule has 0 radical (unpaired) electrons. The van der Waals surface area contributed by atoms with Crippen LogP contribution in [0.1, 0.15) is 48.0 Å². The molecule has 0 N–H and O–H groups in total. The van der Waals surface area contributed by atoms with Crippen LogP contribution in [-0.2, 0) is 27.2 Å². The highest BCUT2D eigenvalue weighted by atomic mass is 32.1. The summed E-state index contributed by atoms with van der Waals surface area (Å²) in [6.07, 6.45) is 5.08. The summed E-state index contributed by atoms with van der Waals surface area (Å²) < 4.78 is 4.92. The second-order valence-electron chi connectivity index (χ2n) is 7.33. The SMILES string of the molecule is COC(=O)c1c(N2C(=O)C=CC2=O)sc2c1CC[C@H](C(C)(C)C)C2. The molecule has 2 aliphatic rings. The predicted octanol–water partition coefficient (Wildman–Crippen LogP) is 3.12. The molecule has 1 aliphatic heterocycles. The van der Waals surface area contributed by atoms with Gasteiger partial charge in [-0.15, -0.1) is 11.3 Å². The van der Waals surface area contributed by atoms with Crippen LogP contribution in [0.25, 0.3) is 0 Å². The van der Waals surface area contributed by atoms with Crippen molar-refractivity contribution in [2.75, 3.05) is 12.0 Å². The minimum Gasteiger partial charge on any atom is -0.465 e. The summed E-state index contributed by atoms with van der Waals surface area (Å²) in [6, 6.07) is 0. The van der Waals surface area contributed by atoms with Gasteiger partial charge in [-0.25, -0.2) is 9.69 Å². The minimum absolute atomic E-state index is 0.175. The summed E-state index contributed by atoms with van der Waals surface area (Å²) in [4.78, 5) is 38.6. The Kier molecular flexibility index (Phi) is 4.11. The van der Waals surface area contributed by atoms with Gasteiger partial charge in [-0.2, -0.15) is 0 Å². The number of amides is 2. The predicted molar refractivity (Wildman–Crippen MR) is 92.3 cm³/mol. The number of ether oxygens (including phenoxy) is 1. The van der Waals surface area contributed by atoms with E-state index in [0.29, 0.717) is 16.5 Å². The molecule has 1 aliphatic carbocycles. The van der Waals surface area contributed by atoms with Gasteiger partial charge in [-0.05, 0) is 36.2 Å². The Morgan fingerprint density at radius 1 is 1.25 bits per heavy atom. The van der Waals surface area contributed by atoms with Gasteiger partial charge < -0.3 is 4.74 Å². The zero-order valence-corrected chi connectivity index (χ0v) is 15.2. The molecule has 0 saturated carbocycles. The molecule has 1 aromatic heterocycles. The van der Waals surface area contributed by atoms with Crippen molar-refractivity contribution >= 4 is 34.1 Å². The maximum Gasteiger partial charge on any atom is 0.341 e. The number of nitrogens with zero attached hydrogens (tertiary/aromatic N) is 1. The molecule has 3 rings (SSSR count). The van der Waals surface area contributed by atoms with Gasteiger partial charge in [0.05, 0.1) is 12.7 Å². The Bertz CT molecular complexity index is 736. The van der Waals surface area contributed by atoms with Gasteiger partial charge in [-0.1, -0.05) is 20.8 Å². The topological polar surface area (TPSA) is 63.7 Å². The van der Waals surface area contributed by atoms with Gasteiger partial charge >= 0.3 is 5.97 Å². The summed E-state index contributed by atoms with van der Waals surface area (Å²) in [6.45, 7) is 6.65. The number of carbonyl (C=O) groups is 3. The molecule has 2 amide bonds. The maximum atomic E-state index is 12.3. The zero-order chi connectivity index (χ0) is 17.6. The first-order valence-electron chi connectivity index (χ1n) is 8.03. The lowest BCUT2D eigenvalue weighted by atomic mass is 9.72. The summed E-state index contributed by atoms with van der Waals surface area (Å²) in [7, 11) is 1.32. The molecule has 0 aromatic carbocycles. The van der Waals surface area contributed by atoms with Crippen molar-refractivity contribution in [1.29, 1.82) is 0 Å². The summed E-state index contributed by atoms with van der Waals surface area (Å²) in [5.41, 5.74) is 1.50. The molecule has 1 atom stereocenters. The molecule has 2 heterocycles. The quantitative estimate of drug-likeness (QED) is 0.609. The highest BCUT2D eigenvalue weighted by Crippen LogP contribution is 2.46. The number of anilines is 1. The highest BCUT2D eigenvalue weighted by molar-refractivity contribution is 7.17. The lowest BCUT2D eigenvalue weighted by molar-refractivity contribution is -0.119. The minimum atomic E-state index is -0.482. The molecular formula is C18H21NO4S. The molecule has 0 saturated heterocycles. The average molecular weight is 347 g/mol. The molecule has 0 spiro atoms. The fourth-order valence-corrected chi connectivity index (χ4v) is 4.81. The Labute approximate surface area is 145 Å². The molecule has 128 valence electrons. The zero-order valence-electron chi connectivity index (χ0n) is 14.3. The molecule has 0 fully saturated rings. The van der Waals surface area contributed by atoms with Crippen LogP contribution in [0.2, 0.25) is 0 Å². The van der Waals surface area contributed by atoms with Gasteiger partial charge in [0.15, 0.2) is 0 Å². The third-order valence-corrected chi connectivity index (χ3v) is 6.11. The fourth-order valence-electron chi connectivity index (χ4n) is 3.38. The van der Waals surface area contributed by atoms with Crippen LogP contribution in [0.15, 0.2) is 12.2 Å². The molecular weight excluding hydrogens is 326 g/mol. The number of hydrogen-bond donors (Lipinski definition) is 0. The first-order chi connectivity index (χ1) is 11.2. The molecule has 6 heteroatoms. The normalized spacial score (nSPS) is 20.5. The van der Waals surface area contributed by atoms with E-state index < -0.39 is 17.8 Å². The summed E-state index contributed by atoms with van der Waals surface area (Å²) in [5, 5.41) is 0.404. The fraction of sp³-hybridized carbons (Fsp3) is 0.500. The van der Waals surface area contributed by atoms with Crippen LogP contribution in [0.5, 0.6) is 0 Å². The lowest BCUT2D eigenvalue weighted by Gasteiger charge is -2.33. The van der Waals surface area contributed by atoms with Crippen LogP contribution < -0.4 is 4.90 Å². The number of esters is 1. The van der Waals surface area contributed by atoms with Crippen molar-refractivity contribution in [3.63, 3.8) is 0 Å². The summed E-state index contributed by atoms with van der Waals surface area (Å²) >= 11 is 1.37. The van der Waals surface area contributed by atoms with E-state index in [1.54, 1.807) is 0 Å². The molecule has 0 unspecified atom stereocenters. The second-order valence-corrected chi connectivity index (χ2v) is 8.41. The largest absolute Gasteiger partial charge is 0.465 e. The lowest BCUT2D eigenvalue weighted by Crippen LogP contribution is -2.30. The van der Waals surface area contributed by atoms with Gasteiger partial charge in [-0.3, -0.25) is 9.59 Å². The van der Waals surface area contributed by atoms with Crippen molar-refractivity contribution < 1.29 is 19.1 Å². The standard InChI is InChI=1S/C18H21NO4S/c1-18(2,3)10-5-6-11-12(9-10)24-16(15(11)17(22)23-4)19-13(20)7-8-14(19)21/h7-8,10H,5-6,9H2,1-4H3/t10-/m0/s1. The van der Waals surface area contributed by atoms with E-state index in [-0.39, 0.29) is 5.41 Å². The molecule has 0 bridgehead atoms. The van der Waals surface area contributed by atoms with Gasteiger partial charge in [0, 0.05) is 17.0 Å². The number of rotatable bonds is 2.